The fourth-order valence-corrected chi connectivity index (χ4v) is 1.73. The lowest BCUT2D eigenvalue weighted by Gasteiger charge is -2.26. The van der Waals surface area contributed by atoms with Gasteiger partial charge in [-0.25, -0.2) is 8.78 Å². The molecule has 1 aromatic rings. The van der Waals surface area contributed by atoms with Crippen molar-refractivity contribution in [2.75, 3.05) is 26.7 Å². The van der Waals surface area contributed by atoms with Gasteiger partial charge in [0.15, 0.2) is 0 Å². The molecule has 0 saturated heterocycles. The quantitative estimate of drug-likeness (QED) is 0.746. The molecule has 4 heteroatoms. The highest BCUT2D eigenvalue weighted by Gasteiger charge is 2.24. The maximum atomic E-state index is 13.6. The van der Waals surface area contributed by atoms with Crippen molar-refractivity contribution in [3.63, 3.8) is 0 Å². The van der Waals surface area contributed by atoms with Gasteiger partial charge < -0.3 is 10.6 Å². The van der Waals surface area contributed by atoms with Crippen LogP contribution in [0.5, 0.6) is 0 Å². The third-order valence-electron chi connectivity index (χ3n) is 2.78. The van der Waals surface area contributed by atoms with E-state index in [2.05, 4.69) is 10.6 Å². The van der Waals surface area contributed by atoms with E-state index in [0.29, 0.717) is 12.1 Å². The summed E-state index contributed by atoms with van der Waals surface area (Å²) in [6, 6.07) is 3.60. The topological polar surface area (TPSA) is 24.1 Å². The predicted octanol–water partition coefficient (Wildman–Crippen LogP) is 2.05. The van der Waals surface area contributed by atoms with Crippen molar-refractivity contribution in [2.24, 2.45) is 0 Å². The summed E-state index contributed by atoms with van der Waals surface area (Å²) >= 11 is 0. The molecule has 0 aliphatic heterocycles. The molecule has 0 bridgehead atoms. The van der Waals surface area contributed by atoms with Crippen LogP contribution in [0.25, 0.3) is 0 Å². The molecule has 96 valence electrons. The number of hydrogen-bond acceptors (Lipinski definition) is 2. The zero-order valence-corrected chi connectivity index (χ0v) is 10.6. The minimum atomic E-state index is -0.431. The molecule has 0 unspecified atom stereocenters. The lowest BCUT2D eigenvalue weighted by Crippen LogP contribution is -2.36. The van der Waals surface area contributed by atoms with Gasteiger partial charge in [0, 0.05) is 25.0 Å². The van der Waals surface area contributed by atoms with E-state index < -0.39 is 11.2 Å². The summed E-state index contributed by atoms with van der Waals surface area (Å²) in [6.07, 6.45) is 0. The molecule has 2 nitrogen and oxygen atoms in total. The summed E-state index contributed by atoms with van der Waals surface area (Å²) in [5.41, 5.74) is -0.0191. The van der Waals surface area contributed by atoms with Gasteiger partial charge in [0.05, 0.1) is 0 Å². The molecule has 0 spiro atoms. The second kappa shape index (κ2) is 6.07. The van der Waals surface area contributed by atoms with Crippen LogP contribution in [0.3, 0.4) is 0 Å². The molecule has 0 heterocycles. The first-order valence-corrected chi connectivity index (χ1v) is 5.78. The molecule has 1 aromatic carbocycles. The molecule has 0 atom stereocenters. The first-order chi connectivity index (χ1) is 7.97. The molecule has 0 fully saturated rings. The van der Waals surface area contributed by atoms with Crippen LogP contribution < -0.4 is 10.6 Å². The monoisotopic (exact) mass is 242 g/mol. The van der Waals surface area contributed by atoms with E-state index in [9.17, 15) is 8.78 Å². The molecule has 0 saturated carbocycles. The molecule has 0 radical (unpaired) electrons. The van der Waals surface area contributed by atoms with Gasteiger partial charge in [-0.3, -0.25) is 0 Å². The van der Waals surface area contributed by atoms with E-state index in [1.54, 1.807) is 0 Å². The van der Waals surface area contributed by atoms with Gasteiger partial charge in [0.25, 0.3) is 0 Å². The average molecular weight is 242 g/mol. The standard InChI is InChI=1S/C13H20F2N2/c1-13(2,9-17-7-6-16-3)11-8-10(14)4-5-12(11)15/h4-5,8,16-17H,6-7,9H2,1-3H3. The Morgan fingerprint density at radius 2 is 1.88 bits per heavy atom. The maximum Gasteiger partial charge on any atom is 0.127 e. The van der Waals surface area contributed by atoms with E-state index in [0.717, 1.165) is 19.2 Å². The molecule has 0 amide bonds. The first-order valence-electron chi connectivity index (χ1n) is 5.78. The number of rotatable bonds is 6. The third-order valence-corrected chi connectivity index (χ3v) is 2.78. The van der Waals surface area contributed by atoms with Crippen LogP contribution in [0.2, 0.25) is 0 Å². The highest BCUT2D eigenvalue weighted by molar-refractivity contribution is 5.26. The summed E-state index contributed by atoms with van der Waals surface area (Å²) in [5, 5.41) is 6.24. The zero-order valence-electron chi connectivity index (χ0n) is 10.6. The summed E-state index contributed by atoms with van der Waals surface area (Å²) in [5.74, 6) is -0.753. The molecule has 0 aliphatic rings. The Morgan fingerprint density at radius 3 is 2.53 bits per heavy atom. The Morgan fingerprint density at radius 1 is 1.18 bits per heavy atom. The molecular formula is C13H20F2N2. The Labute approximate surface area is 101 Å². The van der Waals surface area contributed by atoms with Gasteiger partial charge >= 0.3 is 0 Å². The highest BCUT2D eigenvalue weighted by Crippen LogP contribution is 2.25. The van der Waals surface area contributed by atoms with E-state index >= 15 is 0 Å². The number of hydrogen-bond donors (Lipinski definition) is 2. The number of benzene rings is 1. The SMILES string of the molecule is CNCCNCC(C)(C)c1cc(F)ccc1F. The summed E-state index contributed by atoms with van der Waals surface area (Å²) in [4.78, 5) is 0. The van der Waals surface area contributed by atoms with Crippen molar-refractivity contribution in [2.45, 2.75) is 19.3 Å². The average Bonchev–Trinajstić information content (AvgIpc) is 2.28. The van der Waals surface area contributed by atoms with Crippen molar-refractivity contribution >= 4 is 0 Å². The second-order valence-electron chi connectivity index (χ2n) is 4.79. The van der Waals surface area contributed by atoms with Crippen LogP contribution in [-0.2, 0) is 5.41 Å². The predicted molar refractivity (Wildman–Crippen MR) is 66.2 cm³/mol. The molecule has 17 heavy (non-hydrogen) atoms. The minimum absolute atomic E-state index is 0.355. The number of halogens is 2. The van der Waals surface area contributed by atoms with Crippen LogP contribution in [0, 0.1) is 11.6 Å². The smallest absolute Gasteiger partial charge is 0.127 e. The largest absolute Gasteiger partial charge is 0.318 e. The van der Waals surface area contributed by atoms with Crippen molar-refractivity contribution < 1.29 is 8.78 Å². The van der Waals surface area contributed by atoms with Crippen molar-refractivity contribution in [3.8, 4) is 0 Å². The van der Waals surface area contributed by atoms with Gasteiger partial charge in [-0.15, -0.1) is 0 Å². The molecule has 1 rings (SSSR count). The Bertz CT molecular complexity index is 364. The van der Waals surface area contributed by atoms with E-state index in [1.807, 2.05) is 20.9 Å². The van der Waals surface area contributed by atoms with Gasteiger partial charge in [0.1, 0.15) is 11.6 Å². The normalized spacial score (nSPS) is 11.8. The maximum absolute atomic E-state index is 13.6. The van der Waals surface area contributed by atoms with Crippen LogP contribution >= 0.6 is 0 Å². The summed E-state index contributed by atoms with van der Waals surface area (Å²) in [7, 11) is 1.87. The van der Waals surface area contributed by atoms with Crippen LogP contribution in [0.1, 0.15) is 19.4 Å². The van der Waals surface area contributed by atoms with Gasteiger partial charge in [-0.1, -0.05) is 13.8 Å². The van der Waals surface area contributed by atoms with Gasteiger partial charge in [0.2, 0.25) is 0 Å². The molecule has 0 aromatic heterocycles. The Balaban J connectivity index is 2.71. The van der Waals surface area contributed by atoms with E-state index in [4.69, 9.17) is 0 Å². The van der Waals surface area contributed by atoms with E-state index in [1.165, 1.54) is 12.1 Å². The first kappa shape index (κ1) is 14.1. The fraction of sp³-hybridized carbons (Fsp3) is 0.538. The van der Waals surface area contributed by atoms with E-state index in [-0.39, 0.29) is 5.82 Å². The van der Waals surface area contributed by atoms with Crippen molar-refractivity contribution in [3.05, 3.63) is 35.4 Å². The number of nitrogens with one attached hydrogen (secondary N) is 2. The lowest BCUT2D eigenvalue weighted by atomic mass is 9.84. The van der Waals surface area contributed by atoms with Crippen LogP contribution in [-0.4, -0.2) is 26.7 Å². The fourth-order valence-electron chi connectivity index (χ4n) is 1.73. The second-order valence-corrected chi connectivity index (χ2v) is 4.79. The van der Waals surface area contributed by atoms with Crippen LogP contribution in [0.4, 0.5) is 8.78 Å². The zero-order chi connectivity index (χ0) is 12.9. The Kier molecular flexibility index (Phi) is 5.02. The van der Waals surface area contributed by atoms with Crippen LogP contribution in [0.15, 0.2) is 18.2 Å². The van der Waals surface area contributed by atoms with Crippen molar-refractivity contribution in [1.82, 2.24) is 10.6 Å². The summed E-state index contributed by atoms with van der Waals surface area (Å²) < 4.78 is 26.8. The lowest BCUT2D eigenvalue weighted by molar-refractivity contribution is 0.440. The molecule has 2 N–H and O–H groups in total. The molecule has 0 aliphatic carbocycles. The van der Waals surface area contributed by atoms with Gasteiger partial charge in [-0.05, 0) is 30.8 Å². The molecular weight excluding hydrogens is 222 g/mol. The van der Waals surface area contributed by atoms with Gasteiger partial charge in [-0.2, -0.15) is 0 Å². The third kappa shape index (κ3) is 4.06. The number of likely N-dealkylation sites (N-methyl/N-ethyl adjacent to an activating group) is 1. The van der Waals surface area contributed by atoms with Crippen molar-refractivity contribution in [1.29, 1.82) is 0 Å². The highest BCUT2D eigenvalue weighted by atomic mass is 19.1. The minimum Gasteiger partial charge on any atom is -0.318 e. The summed E-state index contributed by atoms with van der Waals surface area (Å²) in [6.45, 7) is 6.06. The Hall–Kier alpha value is -1.00.